The number of piperidine rings is 1. The number of hydrogen-bond donors (Lipinski definition) is 0. The highest BCUT2D eigenvalue weighted by atomic mass is 16.6. The van der Waals surface area contributed by atoms with Crippen molar-refractivity contribution in [3.05, 3.63) is 59.2 Å². The van der Waals surface area contributed by atoms with Crippen LogP contribution in [-0.4, -0.2) is 25.7 Å². The van der Waals surface area contributed by atoms with Gasteiger partial charge in [0.1, 0.15) is 13.2 Å². The average Bonchev–Trinajstić information content (AvgIpc) is 2.69. The molecule has 2 aliphatic rings. The quantitative estimate of drug-likeness (QED) is 0.694. The second-order valence-corrected chi connectivity index (χ2v) is 8.43. The minimum absolute atomic E-state index is 0.0721. The number of ether oxygens (including phenoxy) is 2. The molecule has 0 aromatic heterocycles. The van der Waals surface area contributed by atoms with Crippen LogP contribution < -0.4 is 14.4 Å². The molecule has 4 rings (SSSR count). The van der Waals surface area contributed by atoms with E-state index < -0.39 is 0 Å². The molecule has 1 fully saturated rings. The van der Waals surface area contributed by atoms with Crippen molar-refractivity contribution in [2.75, 3.05) is 24.7 Å². The van der Waals surface area contributed by atoms with E-state index in [2.05, 4.69) is 45.0 Å². The number of benzene rings is 2. The fraction of sp³-hybridized carbons (Fsp3) is 0.375. The summed E-state index contributed by atoms with van der Waals surface area (Å²) in [5.74, 6) is 1.53. The number of carbonyl (C=O) groups is 1. The van der Waals surface area contributed by atoms with Crippen molar-refractivity contribution in [2.24, 2.45) is 0 Å². The predicted octanol–water partition coefficient (Wildman–Crippen LogP) is 4.97. The molecule has 0 N–H and O–H groups in total. The Morgan fingerprint density at radius 1 is 0.964 bits per heavy atom. The highest BCUT2D eigenvalue weighted by Gasteiger charge is 2.26. The maximum absolute atomic E-state index is 13.1. The van der Waals surface area contributed by atoms with Crippen molar-refractivity contribution in [2.45, 2.75) is 39.0 Å². The van der Waals surface area contributed by atoms with Gasteiger partial charge in [0.2, 0.25) is 0 Å². The van der Waals surface area contributed by atoms with Gasteiger partial charge in [-0.1, -0.05) is 45.0 Å². The fourth-order valence-electron chi connectivity index (χ4n) is 3.67. The van der Waals surface area contributed by atoms with Gasteiger partial charge in [-0.3, -0.25) is 4.79 Å². The maximum Gasteiger partial charge on any atom is 0.254 e. The second kappa shape index (κ2) is 7.34. The third-order valence-corrected chi connectivity index (χ3v) is 5.30. The van der Waals surface area contributed by atoms with Crippen LogP contribution in [0.2, 0.25) is 0 Å². The van der Waals surface area contributed by atoms with E-state index >= 15 is 0 Å². The molecule has 1 saturated heterocycles. The summed E-state index contributed by atoms with van der Waals surface area (Å²) in [6, 6.07) is 14.2. The number of nitrogens with zero attached hydrogens (tertiary/aromatic N) is 1. The fourth-order valence-corrected chi connectivity index (χ4v) is 3.67. The number of fused-ring (bicyclic) bond motifs is 1. The molecule has 0 atom stereocenters. The Morgan fingerprint density at radius 2 is 1.68 bits per heavy atom. The topological polar surface area (TPSA) is 38.8 Å². The average molecular weight is 377 g/mol. The molecule has 2 heterocycles. The lowest BCUT2D eigenvalue weighted by atomic mass is 9.86. The Morgan fingerprint density at radius 3 is 2.39 bits per heavy atom. The molecule has 0 unspecified atom stereocenters. The van der Waals surface area contributed by atoms with Gasteiger partial charge in [-0.05, 0) is 47.6 Å². The summed E-state index contributed by atoms with van der Waals surface area (Å²) >= 11 is 0. The Balaban J connectivity index is 1.57. The van der Waals surface area contributed by atoms with Crippen LogP contribution in [0.4, 0.5) is 5.69 Å². The second-order valence-electron chi connectivity index (χ2n) is 8.43. The molecular weight excluding hydrogens is 350 g/mol. The highest BCUT2D eigenvalue weighted by Crippen LogP contribution is 2.35. The Labute approximate surface area is 166 Å². The Bertz CT molecular complexity index is 906. The molecule has 0 spiro atoms. The molecular formula is C24H27NO3. The van der Waals surface area contributed by atoms with E-state index in [1.54, 1.807) is 0 Å². The van der Waals surface area contributed by atoms with Crippen LogP contribution in [-0.2, 0) is 10.2 Å². The first kappa shape index (κ1) is 18.6. The third-order valence-electron chi connectivity index (χ3n) is 5.30. The molecule has 146 valence electrons. The number of anilines is 1. The molecule has 2 aliphatic heterocycles. The monoisotopic (exact) mass is 377 g/mol. The first-order valence-electron chi connectivity index (χ1n) is 9.94. The van der Waals surface area contributed by atoms with Crippen LogP contribution in [0.25, 0.3) is 6.08 Å². The number of hydrogen-bond acceptors (Lipinski definition) is 3. The summed E-state index contributed by atoms with van der Waals surface area (Å²) in [6.45, 7) is 8.44. The van der Waals surface area contributed by atoms with Gasteiger partial charge < -0.3 is 14.4 Å². The predicted molar refractivity (Wildman–Crippen MR) is 112 cm³/mol. The zero-order valence-electron chi connectivity index (χ0n) is 16.8. The van der Waals surface area contributed by atoms with E-state index in [9.17, 15) is 4.79 Å². The summed E-state index contributed by atoms with van der Waals surface area (Å²) < 4.78 is 11.3. The molecule has 2 aromatic carbocycles. The minimum atomic E-state index is 0.0721. The molecule has 0 bridgehead atoms. The summed E-state index contributed by atoms with van der Waals surface area (Å²) in [5, 5.41) is 0. The van der Waals surface area contributed by atoms with E-state index in [0.29, 0.717) is 19.0 Å². The van der Waals surface area contributed by atoms with E-state index in [4.69, 9.17) is 9.47 Å². The highest BCUT2D eigenvalue weighted by molar-refractivity contribution is 6.09. The van der Waals surface area contributed by atoms with Crippen molar-refractivity contribution < 1.29 is 14.3 Å². The van der Waals surface area contributed by atoms with E-state index in [0.717, 1.165) is 42.0 Å². The molecule has 4 nitrogen and oxygen atoms in total. The summed E-state index contributed by atoms with van der Waals surface area (Å²) in [5.41, 5.74) is 4.21. The third kappa shape index (κ3) is 3.77. The molecule has 0 radical (unpaired) electrons. The van der Waals surface area contributed by atoms with Crippen LogP contribution in [0.15, 0.2) is 48.0 Å². The van der Waals surface area contributed by atoms with Gasteiger partial charge in [0.25, 0.3) is 5.91 Å². The van der Waals surface area contributed by atoms with Gasteiger partial charge in [0.15, 0.2) is 11.5 Å². The van der Waals surface area contributed by atoms with Crippen LogP contribution in [0.1, 0.15) is 44.7 Å². The summed E-state index contributed by atoms with van der Waals surface area (Å²) in [4.78, 5) is 15.0. The van der Waals surface area contributed by atoms with Crippen molar-refractivity contribution in [1.82, 2.24) is 0 Å². The molecule has 28 heavy (non-hydrogen) atoms. The Hall–Kier alpha value is -2.75. The van der Waals surface area contributed by atoms with Crippen molar-refractivity contribution in [1.29, 1.82) is 0 Å². The Kier molecular flexibility index (Phi) is 4.88. The first-order valence-corrected chi connectivity index (χ1v) is 9.94. The maximum atomic E-state index is 13.1. The van der Waals surface area contributed by atoms with Crippen molar-refractivity contribution in [3.63, 3.8) is 0 Å². The van der Waals surface area contributed by atoms with E-state index in [-0.39, 0.29) is 11.3 Å². The van der Waals surface area contributed by atoms with E-state index in [1.165, 1.54) is 5.56 Å². The zero-order chi connectivity index (χ0) is 19.7. The van der Waals surface area contributed by atoms with Crippen molar-refractivity contribution >= 4 is 17.7 Å². The van der Waals surface area contributed by atoms with Gasteiger partial charge in [-0.2, -0.15) is 0 Å². The number of rotatable bonds is 2. The summed E-state index contributed by atoms with van der Waals surface area (Å²) in [6.07, 6.45) is 3.78. The molecule has 4 heteroatoms. The van der Waals surface area contributed by atoms with Crippen LogP contribution >= 0.6 is 0 Å². The number of amides is 1. The molecule has 1 amide bonds. The number of carbonyl (C=O) groups excluding carboxylic acids is 1. The van der Waals surface area contributed by atoms with Crippen LogP contribution in [0, 0.1) is 0 Å². The largest absolute Gasteiger partial charge is 0.486 e. The molecule has 2 aromatic rings. The SMILES string of the molecule is CC(C)(C)c1ccc(C=C2CCCN(c3ccc4c(c3)OCCO4)C2=O)cc1. The summed E-state index contributed by atoms with van der Waals surface area (Å²) in [7, 11) is 0. The van der Waals surface area contributed by atoms with Crippen molar-refractivity contribution in [3.8, 4) is 11.5 Å². The van der Waals surface area contributed by atoms with Gasteiger partial charge in [0.05, 0.1) is 0 Å². The van der Waals surface area contributed by atoms with Gasteiger partial charge in [-0.25, -0.2) is 0 Å². The lowest BCUT2D eigenvalue weighted by Gasteiger charge is -2.30. The zero-order valence-corrected chi connectivity index (χ0v) is 16.8. The minimum Gasteiger partial charge on any atom is -0.486 e. The lowest BCUT2D eigenvalue weighted by Crippen LogP contribution is -2.37. The first-order chi connectivity index (χ1) is 13.4. The van der Waals surface area contributed by atoms with Crippen LogP contribution in [0.5, 0.6) is 11.5 Å². The van der Waals surface area contributed by atoms with E-state index in [1.807, 2.05) is 29.2 Å². The molecule has 0 aliphatic carbocycles. The molecule has 0 saturated carbocycles. The van der Waals surface area contributed by atoms with Crippen LogP contribution in [0.3, 0.4) is 0 Å². The standard InChI is InChI=1S/C24H27NO3/c1-24(2,3)19-8-6-17(7-9-19)15-18-5-4-12-25(23(18)26)20-10-11-21-22(16-20)28-14-13-27-21/h6-11,15-16H,4-5,12-14H2,1-3H3. The van der Waals surface area contributed by atoms with Gasteiger partial charge in [0, 0.05) is 23.9 Å². The smallest absolute Gasteiger partial charge is 0.254 e. The van der Waals surface area contributed by atoms with Gasteiger partial charge in [-0.15, -0.1) is 0 Å². The normalized spacial score (nSPS) is 18.5. The lowest BCUT2D eigenvalue weighted by molar-refractivity contribution is -0.115. The van der Waals surface area contributed by atoms with Gasteiger partial charge >= 0.3 is 0 Å².